The van der Waals surface area contributed by atoms with Gasteiger partial charge in [-0.25, -0.2) is 14.8 Å². The standard InChI is InChI=1S/C21H29N5O3S/c1-24-18-16(20(28)25(2)21(24)29)19(23-17(22-18)14-9-5-3-6-10-14)30-13-15(27)26-11-7-4-8-12-26/h14H,3-13H2,1-2H3. The summed E-state index contributed by atoms with van der Waals surface area (Å²) in [6.45, 7) is 1.60. The molecule has 0 N–H and O–H groups in total. The molecule has 1 saturated heterocycles. The molecule has 30 heavy (non-hydrogen) atoms. The van der Waals surface area contributed by atoms with E-state index in [-0.39, 0.29) is 17.6 Å². The minimum Gasteiger partial charge on any atom is -0.342 e. The van der Waals surface area contributed by atoms with Crippen molar-refractivity contribution >= 4 is 28.7 Å². The number of fused-ring (bicyclic) bond motifs is 1. The van der Waals surface area contributed by atoms with Gasteiger partial charge < -0.3 is 4.90 Å². The maximum absolute atomic E-state index is 12.9. The first-order chi connectivity index (χ1) is 14.5. The molecule has 0 aromatic carbocycles. The minimum absolute atomic E-state index is 0.0762. The molecule has 4 rings (SSSR count). The van der Waals surface area contributed by atoms with Gasteiger partial charge in [-0.05, 0) is 32.1 Å². The Hall–Kier alpha value is -2.16. The number of hydrogen-bond acceptors (Lipinski definition) is 6. The Balaban J connectivity index is 1.74. The highest BCUT2D eigenvalue weighted by molar-refractivity contribution is 8.00. The second-order valence-electron chi connectivity index (χ2n) is 8.36. The number of amides is 1. The average Bonchev–Trinajstić information content (AvgIpc) is 2.80. The number of carbonyl (C=O) groups excluding carboxylic acids is 1. The molecular weight excluding hydrogens is 402 g/mol. The Labute approximate surface area is 179 Å². The van der Waals surface area contributed by atoms with Gasteiger partial charge in [0.25, 0.3) is 5.56 Å². The van der Waals surface area contributed by atoms with Crippen LogP contribution in [0.3, 0.4) is 0 Å². The minimum atomic E-state index is -0.406. The summed E-state index contributed by atoms with van der Waals surface area (Å²) < 4.78 is 2.50. The van der Waals surface area contributed by atoms with Gasteiger partial charge in [0.2, 0.25) is 5.91 Å². The van der Waals surface area contributed by atoms with Gasteiger partial charge in [0.05, 0.1) is 5.75 Å². The summed E-state index contributed by atoms with van der Waals surface area (Å²) in [5, 5.41) is 0.845. The van der Waals surface area contributed by atoms with E-state index in [2.05, 4.69) is 4.98 Å². The van der Waals surface area contributed by atoms with Crippen LogP contribution in [0.25, 0.3) is 11.0 Å². The fraction of sp³-hybridized carbons (Fsp3) is 0.667. The summed E-state index contributed by atoms with van der Waals surface area (Å²) in [6.07, 6.45) is 8.77. The van der Waals surface area contributed by atoms with Gasteiger partial charge in [0.1, 0.15) is 16.2 Å². The largest absolute Gasteiger partial charge is 0.342 e. The fourth-order valence-corrected chi connectivity index (χ4v) is 5.38. The molecule has 2 aromatic rings. The van der Waals surface area contributed by atoms with Crippen LogP contribution in [-0.2, 0) is 18.9 Å². The number of aryl methyl sites for hydroxylation is 1. The van der Waals surface area contributed by atoms with Gasteiger partial charge in [0, 0.05) is 33.1 Å². The first kappa shape index (κ1) is 21.1. The molecule has 0 atom stereocenters. The predicted octanol–water partition coefficient (Wildman–Crippen LogP) is 2.18. The zero-order valence-corrected chi connectivity index (χ0v) is 18.5. The van der Waals surface area contributed by atoms with Crippen LogP contribution in [0.5, 0.6) is 0 Å². The van der Waals surface area contributed by atoms with Crippen LogP contribution in [0.4, 0.5) is 0 Å². The van der Waals surface area contributed by atoms with Crippen molar-refractivity contribution in [2.75, 3.05) is 18.8 Å². The third kappa shape index (κ3) is 4.04. The maximum Gasteiger partial charge on any atom is 0.332 e. The molecule has 162 valence electrons. The van der Waals surface area contributed by atoms with Crippen molar-refractivity contribution < 1.29 is 4.79 Å². The van der Waals surface area contributed by atoms with Crippen LogP contribution in [0.15, 0.2) is 14.6 Å². The molecule has 1 saturated carbocycles. The SMILES string of the molecule is Cn1c(=O)c2c(SCC(=O)N3CCCCC3)nc(C3CCCCC3)nc2n(C)c1=O. The summed E-state index contributed by atoms with van der Waals surface area (Å²) in [5.41, 5.74) is -0.441. The van der Waals surface area contributed by atoms with Crippen LogP contribution < -0.4 is 11.2 Å². The number of rotatable bonds is 4. The lowest BCUT2D eigenvalue weighted by Gasteiger charge is -2.26. The molecule has 2 fully saturated rings. The highest BCUT2D eigenvalue weighted by atomic mass is 32.2. The van der Waals surface area contributed by atoms with E-state index in [1.165, 1.54) is 36.2 Å². The Morgan fingerprint density at radius 2 is 1.63 bits per heavy atom. The molecule has 0 radical (unpaired) electrons. The molecule has 1 amide bonds. The van der Waals surface area contributed by atoms with Crippen LogP contribution >= 0.6 is 11.8 Å². The first-order valence-electron chi connectivity index (χ1n) is 10.9. The van der Waals surface area contributed by atoms with Crippen molar-refractivity contribution in [3.05, 3.63) is 26.7 Å². The van der Waals surface area contributed by atoms with Gasteiger partial charge in [-0.15, -0.1) is 0 Å². The summed E-state index contributed by atoms with van der Waals surface area (Å²) in [7, 11) is 3.10. The summed E-state index contributed by atoms with van der Waals surface area (Å²) in [4.78, 5) is 49.4. The number of thioether (sulfide) groups is 1. The third-order valence-corrected chi connectivity index (χ3v) is 7.26. The second kappa shape index (κ2) is 8.91. The van der Waals surface area contributed by atoms with E-state index >= 15 is 0 Å². The first-order valence-corrected chi connectivity index (χ1v) is 11.8. The van der Waals surface area contributed by atoms with Crippen molar-refractivity contribution in [3.63, 3.8) is 0 Å². The maximum atomic E-state index is 12.9. The smallest absolute Gasteiger partial charge is 0.332 e. The molecule has 8 nitrogen and oxygen atoms in total. The van der Waals surface area contributed by atoms with Gasteiger partial charge >= 0.3 is 5.69 Å². The summed E-state index contributed by atoms with van der Waals surface area (Å²) in [6, 6.07) is 0. The van der Waals surface area contributed by atoms with Gasteiger partial charge in [-0.1, -0.05) is 31.0 Å². The fourth-order valence-electron chi connectivity index (χ4n) is 4.46. The van der Waals surface area contributed by atoms with E-state index in [1.807, 2.05) is 4.90 Å². The molecule has 1 aliphatic heterocycles. The number of likely N-dealkylation sites (tertiary alicyclic amines) is 1. The molecule has 1 aliphatic carbocycles. The van der Waals surface area contributed by atoms with Gasteiger partial charge in [-0.2, -0.15) is 0 Å². The van der Waals surface area contributed by atoms with Gasteiger partial charge in [0.15, 0.2) is 5.65 Å². The highest BCUT2D eigenvalue weighted by Gasteiger charge is 2.24. The average molecular weight is 432 g/mol. The summed E-state index contributed by atoms with van der Waals surface area (Å²) >= 11 is 1.30. The van der Waals surface area contributed by atoms with Crippen molar-refractivity contribution in [3.8, 4) is 0 Å². The molecule has 0 bridgehead atoms. The normalized spacial score (nSPS) is 18.1. The molecule has 2 aliphatic rings. The molecule has 0 spiro atoms. The Morgan fingerprint density at radius 1 is 0.967 bits per heavy atom. The zero-order valence-electron chi connectivity index (χ0n) is 17.7. The number of piperidine rings is 1. The monoisotopic (exact) mass is 431 g/mol. The van der Waals surface area contributed by atoms with Crippen molar-refractivity contribution in [2.45, 2.75) is 62.3 Å². The molecule has 3 heterocycles. The third-order valence-electron chi connectivity index (χ3n) is 6.30. The Bertz CT molecular complexity index is 1060. The second-order valence-corrected chi connectivity index (χ2v) is 9.32. The van der Waals surface area contributed by atoms with Gasteiger partial charge in [-0.3, -0.25) is 18.7 Å². The number of nitrogens with zero attached hydrogens (tertiary/aromatic N) is 5. The Kier molecular flexibility index (Phi) is 6.26. The van der Waals surface area contributed by atoms with Crippen LogP contribution in [0.2, 0.25) is 0 Å². The van der Waals surface area contributed by atoms with E-state index in [9.17, 15) is 14.4 Å². The molecule has 2 aromatic heterocycles. The topological polar surface area (TPSA) is 90.1 Å². The molecular formula is C21H29N5O3S. The lowest BCUT2D eigenvalue weighted by Crippen LogP contribution is -2.38. The molecule has 9 heteroatoms. The quantitative estimate of drug-likeness (QED) is 0.544. The highest BCUT2D eigenvalue weighted by Crippen LogP contribution is 2.33. The number of hydrogen-bond donors (Lipinski definition) is 0. The number of carbonyl (C=O) groups is 1. The lowest BCUT2D eigenvalue weighted by atomic mass is 9.89. The van der Waals surface area contributed by atoms with E-state index in [0.717, 1.165) is 56.2 Å². The van der Waals surface area contributed by atoms with Crippen molar-refractivity contribution in [2.24, 2.45) is 14.1 Å². The lowest BCUT2D eigenvalue weighted by molar-refractivity contribution is -0.129. The van der Waals surface area contributed by atoms with E-state index in [0.29, 0.717) is 21.9 Å². The Morgan fingerprint density at radius 3 is 2.33 bits per heavy atom. The zero-order chi connectivity index (χ0) is 21.3. The number of aromatic nitrogens is 4. The van der Waals surface area contributed by atoms with E-state index < -0.39 is 11.2 Å². The van der Waals surface area contributed by atoms with Crippen molar-refractivity contribution in [1.29, 1.82) is 0 Å². The van der Waals surface area contributed by atoms with Crippen LogP contribution in [-0.4, -0.2) is 48.8 Å². The molecule has 0 unspecified atom stereocenters. The van der Waals surface area contributed by atoms with E-state index in [1.54, 1.807) is 7.05 Å². The summed E-state index contributed by atoms with van der Waals surface area (Å²) in [5.74, 6) is 1.24. The predicted molar refractivity (Wildman–Crippen MR) is 117 cm³/mol. The van der Waals surface area contributed by atoms with E-state index in [4.69, 9.17) is 4.98 Å². The van der Waals surface area contributed by atoms with Crippen LogP contribution in [0.1, 0.15) is 63.1 Å². The van der Waals surface area contributed by atoms with Crippen molar-refractivity contribution in [1.82, 2.24) is 24.0 Å². The van der Waals surface area contributed by atoms with Crippen LogP contribution in [0, 0.1) is 0 Å².